The molecule has 9 heteroatoms. The van der Waals surface area contributed by atoms with Gasteiger partial charge >= 0.3 is 5.97 Å². The molecule has 0 aliphatic heterocycles. The molecule has 21 heavy (non-hydrogen) atoms. The van der Waals surface area contributed by atoms with Gasteiger partial charge in [-0.15, -0.1) is 10.2 Å². The molecule has 0 aromatic carbocycles. The third-order valence-electron chi connectivity index (χ3n) is 3.21. The highest BCUT2D eigenvalue weighted by Gasteiger charge is 2.26. The minimum absolute atomic E-state index is 0.0228. The maximum Gasteiger partial charge on any atom is 0.305 e. The highest BCUT2D eigenvalue weighted by molar-refractivity contribution is 7.09. The van der Waals surface area contributed by atoms with Crippen LogP contribution in [0.5, 0.6) is 0 Å². The Labute approximate surface area is 126 Å². The fourth-order valence-electron chi connectivity index (χ4n) is 2.13. The van der Waals surface area contributed by atoms with E-state index in [0.717, 1.165) is 23.4 Å². The summed E-state index contributed by atoms with van der Waals surface area (Å²) in [4.78, 5) is 11.9. The van der Waals surface area contributed by atoms with E-state index < -0.39 is 5.97 Å². The Balaban J connectivity index is 2.41. The lowest BCUT2D eigenvalue weighted by molar-refractivity contribution is -0.138. The number of tetrazole rings is 1. The van der Waals surface area contributed by atoms with Crippen molar-refractivity contribution in [1.29, 1.82) is 0 Å². The summed E-state index contributed by atoms with van der Waals surface area (Å²) in [6.45, 7) is 5.97. The molecule has 8 nitrogen and oxygen atoms in total. The van der Waals surface area contributed by atoms with Gasteiger partial charge in [0.2, 0.25) is 0 Å². The van der Waals surface area contributed by atoms with Crippen molar-refractivity contribution in [3.05, 3.63) is 5.69 Å². The molecule has 2 aromatic heterocycles. The van der Waals surface area contributed by atoms with Crippen LogP contribution < -0.4 is 0 Å². The molecule has 0 aliphatic rings. The van der Waals surface area contributed by atoms with Crippen LogP contribution in [0.1, 0.15) is 45.3 Å². The van der Waals surface area contributed by atoms with Gasteiger partial charge in [0.15, 0.2) is 5.82 Å². The summed E-state index contributed by atoms with van der Waals surface area (Å²) in [6, 6.07) is -0.302. The van der Waals surface area contributed by atoms with Crippen molar-refractivity contribution in [3.63, 3.8) is 0 Å². The van der Waals surface area contributed by atoms with Gasteiger partial charge in [-0.05, 0) is 34.3 Å². The largest absolute Gasteiger partial charge is 0.481 e. The second kappa shape index (κ2) is 6.70. The Kier molecular flexibility index (Phi) is 4.94. The lowest BCUT2D eigenvalue weighted by Crippen LogP contribution is -2.21. The summed E-state index contributed by atoms with van der Waals surface area (Å²) >= 11 is 1.24. The monoisotopic (exact) mass is 310 g/mol. The Hall–Kier alpha value is -1.90. The first-order valence-corrected chi connectivity index (χ1v) is 7.63. The van der Waals surface area contributed by atoms with Gasteiger partial charge in [0.25, 0.3) is 0 Å². The Bertz CT molecular complexity index is 608. The topological polar surface area (TPSA) is 107 Å². The summed E-state index contributed by atoms with van der Waals surface area (Å²) in [7, 11) is 0. The van der Waals surface area contributed by atoms with Crippen molar-refractivity contribution in [2.45, 2.75) is 46.1 Å². The van der Waals surface area contributed by atoms with E-state index in [0.29, 0.717) is 5.82 Å². The van der Waals surface area contributed by atoms with Crippen LogP contribution in [0.2, 0.25) is 0 Å². The second-order valence-corrected chi connectivity index (χ2v) is 5.91. The second-order valence-electron chi connectivity index (χ2n) is 5.16. The van der Waals surface area contributed by atoms with Crippen molar-refractivity contribution in [2.24, 2.45) is 5.92 Å². The first-order valence-electron chi connectivity index (χ1n) is 6.85. The fourth-order valence-corrected chi connectivity index (χ4v) is 2.81. The van der Waals surface area contributed by atoms with Crippen LogP contribution in [-0.2, 0) is 11.2 Å². The van der Waals surface area contributed by atoms with E-state index in [9.17, 15) is 4.79 Å². The van der Waals surface area contributed by atoms with Crippen LogP contribution in [-0.4, -0.2) is 40.9 Å². The summed E-state index contributed by atoms with van der Waals surface area (Å²) in [5.41, 5.74) is 0.858. The molecule has 2 aromatic rings. The van der Waals surface area contributed by atoms with Crippen LogP contribution in [0.25, 0.3) is 10.7 Å². The van der Waals surface area contributed by atoms with Crippen molar-refractivity contribution >= 4 is 17.5 Å². The van der Waals surface area contributed by atoms with Crippen molar-refractivity contribution < 1.29 is 9.90 Å². The third-order valence-corrected chi connectivity index (χ3v) is 3.97. The molecule has 1 unspecified atom stereocenters. The Morgan fingerprint density at radius 3 is 2.76 bits per heavy atom. The molecular weight excluding hydrogens is 292 g/mol. The van der Waals surface area contributed by atoms with Gasteiger partial charge in [-0.1, -0.05) is 31.7 Å². The lowest BCUT2D eigenvalue weighted by Gasteiger charge is -2.19. The van der Waals surface area contributed by atoms with Gasteiger partial charge in [0.1, 0.15) is 4.88 Å². The molecule has 2 heterocycles. The number of aryl methyl sites for hydroxylation is 1. The van der Waals surface area contributed by atoms with Crippen molar-refractivity contribution in [3.8, 4) is 10.7 Å². The van der Waals surface area contributed by atoms with Crippen molar-refractivity contribution in [2.75, 3.05) is 0 Å². The van der Waals surface area contributed by atoms with E-state index >= 15 is 0 Å². The van der Waals surface area contributed by atoms with E-state index in [1.807, 2.05) is 13.8 Å². The quantitative estimate of drug-likeness (QED) is 0.831. The molecule has 1 N–H and O–H groups in total. The van der Waals surface area contributed by atoms with Crippen LogP contribution in [0.3, 0.4) is 0 Å². The Morgan fingerprint density at radius 2 is 2.14 bits per heavy atom. The first-order chi connectivity index (χ1) is 10.0. The predicted molar refractivity (Wildman–Crippen MR) is 76.8 cm³/mol. The normalized spacial score (nSPS) is 12.8. The third kappa shape index (κ3) is 3.41. The van der Waals surface area contributed by atoms with Crippen LogP contribution in [0.4, 0.5) is 0 Å². The molecule has 0 fully saturated rings. The zero-order valence-electron chi connectivity index (χ0n) is 12.2. The average molecular weight is 310 g/mol. The number of aliphatic carboxylic acids is 1. The van der Waals surface area contributed by atoms with Crippen LogP contribution >= 0.6 is 11.5 Å². The van der Waals surface area contributed by atoms with Crippen LogP contribution in [0.15, 0.2) is 0 Å². The molecule has 0 aliphatic carbocycles. The fraction of sp³-hybridized carbons (Fsp3) is 0.667. The zero-order valence-corrected chi connectivity index (χ0v) is 13.0. The van der Waals surface area contributed by atoms with E-state index in [1.165, 1.54) is 11.5 Å². The number of hydrogen-bond acceptors (Lipinski definition) is 7. The molecule has 114 valence electrons. The minimum atomic E-state index is -0.869. The molecule has 0 amide bonds. The van der Waals surface area contributed by atoms with Gasteiger partial charge < -0.3 is 5.11 Å². The summed E-state index contributed by atoms with van der Waals surface area (Å²) < 4.78 is 5.56. The number of hydrogen-bond donors (Lipinski definition) is 1. The van der Waals surface area contributed by atoms with Gasteiger partial charge in [-0.2, -0.15) is 0 Å². The van der Waals surface area contributed by atoms with Gasteiger partial charge in [-0.25, -0.2) is 4.68 Å². The highest BCUT2D eigenvalue weighted by Crippen LogP contribution is 2.30. The highest BCUT2D eigenvalue weighted by atomic mass is 32.1. The number of carboxylic acids is 1. The van der Waals surface area contributed by atoms with Crippen molar-refractivity contribution in [1.82, 2.24) is 29.8 Å². The van der Waals surface area contributed by atoms with E-state index in [2.05, 4.69) is 32.0 Å². The molecule has 1 atom stereocenters. The summed E-state index contributed by atoms with van der Waals surface area (Å²) in [6.07, 6.45) is 1.72. The standard InChI is InChI=1S/C12H18N6O2S/c1-4-5-8-11(21-17-13-8)12-14-15-16-18(12)9(7(2)3)6-10(19)20/h7,9H,4-6H2,1-3H3,(H,19,20). The van der Waals surface area contributed by atoms with Gasteiger partial charge in [0, 0.05) is 0 Å². The number of nitrogens with zero attached hydrogens (tertiary/aromatic N) is 6. The maximum atomic E-state index is 11.1. The number of rotatable bonds is 7. The van der Waals surface area contributed by atoms with Gasteiger partial charge in [0.05, 0.1) is 18.2 Å². The molecule has 2 rings (SSSR count). The smallest absolute Gasteiger partial charge is 0.305 e. The molecule has 0 bridgehead atoms. The average Bonchev–Trinajstić information content (AvgIpc) is 3.03. The van der Waals surface area contributed by atoms with Crippen LogP contribution in [0, 0.1) is 5.92 Å². The number of carboxylic acid groups (broad SMARTS) is 1. The molecule has 0 saturated heterocycles. The van der Waals surface area contributed by atoms with E-state index in [-0.39, 0.29) is 18.4 Å². The summed E-state index contributed by atoms with van der Waals surface area (Å²) in [5.74, 6) is -0.224. The van der Waals surface area contributed by atoms with E-state index in [4.69, 9.17) is 5.11 Å². The molecule has 0 radical (unpaired) electrons. The summed E-state index contributed by atoms with van der Waals surface area (Å²) in [5, 5.41) is 25.0. The SMILES string of the molecule is CCCc1nnsc1-c1nnnn1C(CC(=O)O)C(C)C. The predicted octanol–water partition coefficient (Wildman–Crippen LogP) is 1.82. The zero-order chi connectivity index (χ0) is 15.4. The number of carbonyl (C=O) groups is 1. The minimum Gasteiger partial charge on any atom is -0.481 e. The molecule has 0 saturated carbocycles. The lowest BCUT2D eigenvalue weighted by atomic mass is 10.0. The Morgan fingerprint density at radius 1 is 1.38 bits per heavy atom. The molecular formula is C12H18N6O2S. The molecule has 0 spiro atoms. The van der Waals surface area contributed by atoms with Gasteiger partial charge in [-0.3, -0.25) is 4.79 Å². The first kappa shape index (κ1) is 15.5. The van der Waals surface area contributed by atoms with E-state index in [1.54, 1.807) is 4.68 Å². The number of aromatic nitrogens is 6. The maximum absolute atomic E-state index is 11.1.